The molecular formula is C17H14F2N2O4S. The van der Waals surface area contributed by atoms with Crippen LogP contribution < -0.4 is 10.9 Å². The number of rotatable bonds is 3. The molecule has 4 rings (SSSR count). The van der Waals surface area contributed by atoms with Crippen LogP contribution in [-0.2, 0) is 9.84 Å². The molecule has 2 N–H and O–H groups in total. The van der Waals surface area contributed by atoms with E-state index in [-0.39, 0.29) is 17.7 Å². The lowest BCUT2D eigenvalue weighted by Gasteiger charge is -2.10. The molecule has 0 radical (unpaired) electrons. The van der Waals surface area contributed by atoms with Crippen molar-refractivity contribution in [2.24, 2.45) is 0 Å². The Morgan fingerprint density at radius 3 is 2.62 bits per heavy atom. The van der Waals surface area contributed by atoms with E-state index >= 15 is 0 Å². The summed E-state index contributed by atoms with van der Waals surface area (Å²) in [7, 11) is -3.33. The Morgan fingerprint density at radius 2 is 2.00 bits per heavy atom. The Bertz CT molecular complexity index is 1120. The average molecular weight is 380 g/mol. The number of pyridine rings is 1. The zero-order valence-corrected chi connectivity index (χ0v) is 14.1. The average Bonchev–Trinajstić information content (AvgIpc) is 3.05. The highest BCUT2D eigenvalue weighted by Gasteiger charge is 2.57. The molecule has 1 saturated carbocycles. The molecule has 1 amide bonds. The monoisotopic (exact) mass is 380 g/mol. The minimum atomic E-state index is -3.33. The first kappa shape index (κ1) is 16.9. The molecule has 1 aromatic heterocycles. The van der Waals surface area contributed by atoms with Gasteiger partial charge in [-0.25, -0.2) is 17.2 Å². The van der Waals surface area contributed by atoms with Gasteiger partial charge in [-0.15, -0.1) is 0 Å². The van der Waals surface area contributed by atoms with Gasteiger partial charge in [0.05, 0.1) is 17.7 Å². The summed E-state index contributed by atoms with van der Waals surface area (Å²) in [5, 5.41) is 4.03. The number of alkyl halides is 2. The number of hydrogen-bond donors (Lipinski definition) is 2. The fourth-order valence-electron chi connectivity index (χ4n) is 3.09. The van der Waals surface area contributed by atoms with E-state index in [2.05, 4.69) is 10.3 Å². The molecule has 26 heavy (non-hydrogen) atoms. The number of halogens is 2. The Hall–Kier alpha value is -2.55. The van der Waals surface area contributed by atoms with Crippen LogP contribution in [0, 0.1) is 0 Å². The zero-order valence-electron chi connectivity index (χ0n) is 13.3. The summed E-state index contributed by atoms with van der Waals surface area (Å²) >= 11 is 0. The molecule has 1 aliphatic heterocycles. The van der Waals surface area contributed by atoms with Crippen molar-refractivity contribution in [3.63, 3.8) is 0 Å². The molecule has 0 spiro atoms. The topological polar surface area (TPSA) is 96.1 Å². The standard InChI is InChI=1S/C17H14F2N2O4S/c18-17(19)7-13(17)9-1-2-10-5-12(16(23)21-14(10)6-9)15(22)20-11-3-4-26(24,25)8-11/h1-6,11,13H,7-8H2,(H,20,22)(H,21,23)/t11-,13?/m1/s1. The Kier molecular flexibility index (Phi) is 3.56. The van der Waals surface area contributed by atoms with Gasteiger partial charge in [0, 0.05) is 17.3 Å². The number of hydrogen-bond acceptors (Lipinski definition) is 4. The van der Waals surface area contributed by atoms with Gasteiger partial charge in [-0.3, -0.25) is 9.59 Å². The maximum absolute atomic E-state index is 13.2. The van der Waals surface area contributed by atoms with Gasteiger partial charge in [-0.1, -0.05) is 12.1 Å². The normalized spacial score (nSPS) is 25.3. The predicted molar refractivity (Wildman–Crippen MR) is 91.1 cm³/mol. The maximum atomic E-state index is 13.2. The summed E-state index contributed by atoms with van der Waals surface area (Å²) in [6.07, 6.45) is 1.14. The minimum Gasteiger partial charge on any atom is -0.345 e. The molecule has 136 valence electrons. The Morgan fingerprint density at radius 1 is 1.27 bits per heavy atom. The summed E-state index contributed by atoms with van der Waals surface area (Å²) in [5.74, 6) is -4.49. The lowest BCUT2D eigenvalue weighted by atomic mass is 10.1. The van der Waals surface area contributed by atoms with Gasteiger partial charge >= 0.3 is 0 Å². The molecule has 0 bridgehead atoms. The van der Waals surface area contributed by atoms with E-state index in [1.807, 2.05) is 0 Å². The molecule has 6 nitrogen and oxygen atoms in total. The highest BCUT2D eigenvalue weighted by Crippen LogP contribution is 2.55. The SMILES string of the molecule is O=C(N[C@@H]1C=CS(=O)(=O)C1)c1cc2ccc(C3CC3(F)F)cc2[nH]c1=O. The number of nitrogens with one attached hydrogen (secondary N) is 2. The largest absolute Gasteiger partial charge is 0.345 e. The molecule has 2 aromatic rings. The van der Waals surface area contributed by atoms with Gasteiger partial charge in [-0.2, -0.15) is 0 Å². The summed E-state index contributed by atoms with van der Waals surface area (Å²) in [5.41, 5.74) is -0.0222. The zero-order chi connectivity index (χ0) is 18.7. The van der Waals surface area contributed by atoms with Crippen molar-refractivity contribution in [3.05, 3.63) is 57.2 Å². The van der Waals surface area contributed by atoms with Crippen molar-refractivity contribution in [2.75, 3.05) is 5.75 Å². The van der Waals surface area contributed by atoms with Crippen molar-refractivity contribution in [1.82, 2.24) is 10.3 Å². The van der Waals surface area contributed by atoms with Crippen LogP contribution in [-0.4, -0.2) is 37.0 Å². The highest BCUT2D eigenvalue weighted by atomic mass is 32.2. The van der Waals surface area contributed by atoms with E-state index in [1.54, 1.807) is 12.1 Å². The van der Waals surface area contributed by atoms with Crippen LogP contribution in [0.15, 0.2) is 40.5 Å². The second-order valence-corrected chi connectivity index (χ2v) is 8.55. The van der Waals surface area contributed by atoms with Gasteiger partial charge in [0.2, 0.25) is 0 Å². The first-order valence-electron chi connectivity index (χ1n) is 7.91. The highest BCUT2D eigenvalue weighted by molar-refractivity contribution is 7.94. The lowest BCUT2D eigenvalue weighted by Crippen LogP contribution is -2.38. The molecule has 1 fully saturated rings. The third-order valence-electron chi connectivity index (χ3n) is 4.59. The van der Waals surface area contributed by atoms with Crippen molar-refractivity contribution in [2.45, 2.75) is 24.3 Å². The van der Waals surface area contributed by atoms with E-state index in [9.17, 15) is 26.8 Å². The summed E-state index contributed by atoms with van der Waals surface area (Å²) < 4.78 is 49.2. The van der Waals surface area contributed by atoms with Gasteiger partial charge < -0.3 is 10.3 Å². The number of amides is 1. The van der Waals surface area contributed by atoms with Crippen LogP contribution >= 0.6 is 0 Å². The first-order chi connectivity index (χ1) is 12.1. The first-order valence-corrected chi connectivity index (χ1v) is 9.63. The molecule has 1 aromatic carbocycles. The molecule has 1 aliphatic carbocycles. The Labute approximate surface area is 146 Å². The van der Waals surface area contributed by atoms with Crippen LogP contribution in [0.3, 0.4) is 0 Å². The molecule has 2 aliphatic rings. The van der Waals surface area contributed by atoms with Crippen molar-refractivity contribution < 1.29 is 22.0 Å². The van der Waals surface area contributed by atoms with Crippen molar-refractivity contribution in [3.8, 4) is 0 Å². The van der Waals surface area contributed by atoms with Crippen LogP contribution in [0.5, 0.6) is 0 Å². The third kappa shape index (κ3) is 3.03. The predicted octanol–water partition coefficient (Wildman–Crippen LogP) is 1.69. The number of aromatic nitrogens is 1. The fraction of sp³-hybridized carbons (Fsp3) is 0.294. The van der Waals surface area contributed by atoms with Gasteiger partial charge in [0.1, 0.15) is 5.56 Å². The van der Waals surface area contributed by atoms with E-state index in [0.717, 1.165) is 5.41 Å². The number of aromatic amines is 1. The van der Waals surface area contributed by atoms with Crippen LogP contribution in [0.4, 0.5) is 8.78 Å². The number of fused-ring (bicyclic) bond motifs is 1. The molecular weight excluding hydrogens is 366 g/mol. The number of H-pyrrole nitrogens is 1. The van der Waals surface area contributed by atoms with Crippen molar-refractivity contribution in [1.29, 1.82) is 0 Å². The van der Waals surface area contributed by atoms with Crippen LogP contribution in [0.25, 0.3) is 10.9 Å². The van der Waals surface area contributed by atoms with Crippen LogP contribution in [0.1, 0.15) is 28.3 Å². The molecule has 9 heteroatoms. The number of carbonyl (C=O) groups is 1. The van der Waals surface area contributed by atoms with Crippen molar-refractivity contribution >= 4 is 26.6 Å². The number of benzene rings is 1. The van der Waals surface area contributed by atoms with Gasteiger partial charge in [0.25, 0.3) is 17.4 Å². The summed E-state index contributed by atoms with van der Waals surface area (Å²) in [6, 6.07) is 5.30. The van der Waals surface area contributed by atoms with Crippen LogP contribution in [0.2, 0.25) is 0 Å². The van der Waals surface area contributed by atoms with E-state index in [1.165, 1.54) is 18.2 Å². The quantitative estimate of drug-likeness (QED) is 0.847. The minimum absolute atomic E-state index is 0.167. The molecule has 2 atom stereocenters. The summed E-state index contributed by atoms with van der Waals surface area (Å²) in [6.45, 7) is 0. The lowest BCUT2D eigenvalue weighted by molar-refractivity contribution is 0.0946. The van der Waals surface area contributed by atoms with Gasteiger partial charge in [-0.05, 0) is 29.2 Å². The molecule has 1 unspecified atom stereocenters. The van der Waals surface area contributed by atoms with Gasteiger partial charge in [0.15, 0.2) is 9.84 Å². The summed E-state index contributed by atoms with van der Waals surface area (Å²) in [4.78, 5) is 27.0. The smallest absolute Gasteiger partial charge is 0.261 e. The maximum Gasteiger partial charge on any atom is 0.261 e. The third-order valence-corrected chi connectivity index (χ3v) is 5.99. The fourth-order valence-corrected chi connectivity index (χ4v) is 4.33. The second-order valence-electron chi connectivity index (χ2n) is 6.61. The second kappa shape index (κ2) is 5.47. The van der Waals surface area contributed by atoms with E-state index in [0.29, 0.717) is 16.5 Å². The molecule has 0 saturated heterocycles. The van der Waals surface area contributed by atoms with E-state index in [4.69, 9.17) is 0 Å². The Balaban J connectivity index is 1.61. The number of sulfone groups is 1. The van der Waals surface area contributed by atoms with E-state index < -0.39 is 39.2 Å². The molecule has 2 heterocycles. The number of carbonyl (C=O) groups excluding carboxylic acids is 1.